The fourth-order valence-corrected chi connectivity index (χ4v) is 3.02. The Labute approximate surface area is 146 Å². The molecule has 2 aromatic heterocycles. The fraction of sp³-hybridized carbons (Fsp3) is 0.316. The van der Waals surface area contributed by atoms with E-state index in [1.165, 1.54) is 5.56 Å². The van der Waals surface area contributed by atoms with Crippen LogP contribution in [0.3, 0.4) is 0 Å². The second-order valence-corrected chi connectivity index (χ2v) is 6.31. The third-order valence-electron chi connectivity index (χ3n) is 4.30. The van der Waals surface area contributed by atoms with Gasteiger partial charge in [-0.05, 0) is 33.3 Å². The molecule has 0 aliphatic rings. The molecular weight excluding hydrogens is 316 g/mol. The Morgan fingerprint density at radius 3 is 2.76 bits per heavy atom. The number of nitrogens with zero attached hydrogens (tertiary/aromatic N) is 3. The van der Waals surface area contributed by atoms with Crippen molar-refractivity contribution >= 4 is 11.7 Å². The van der Waals surface area contributed by atoms with Crippen molar-refractivity contribution in [1.82, 2.24) is 14.9 Å². The summed E-state index contributed by atoms with van der Waals surface area (Å²) in [7, 11) is 0. The van der Waals surface area contributed by atoms with E-state index in [2.05, 4.69) is 34.6 Å². The van der Waals surface area contributed by atoms with Gasteiger partial charge >= 0.3 is 0 Å². The number of carbonyl (C=O) groups is 1. The molecule has 6 heteroatoms. The number of carbonyl (C=O) groups excluding carboxylic acids is 1. The molecule has 0 saturated carbocycles. The van der Waals surface area contributed by atoms with Crippen LogP contribution < -0.4 is 5.32 Å². The summed E-state index contributed by atoms with van der Waals surface area (Å²) in [5.74, 6) is 0.882. The van der Waals surface area contributed by atoms with E-state index >= 15 is 0 Å². The monoisotopic (exact) mass is 338 g/mol. The molecule has 25 heavy (non-hydrogen) atoms. The maximum absolute atomic E-state index is 12.7. The average Bonchev–Trinajstić information content (AvgIpc) is 3.13. The maximum atomic E-state index is 12.7. The highest BCUT2D eigenvalue weighted by Crippen LogP contribution is 2.24. The summed E-state index contributed by atoms with van der Waals surface area (Å²) < 4.78 is 6.95. The number of amides is 1. The Morgan fingerprint density at radius 2 is 2.08 bits per heavy atom. The Bertz CT molecular complexity index is 875. The second-order valence-electron chi connectivity index (χ2n) is 6.31. The standard InChI is InChI=1S/C19H22N4O2/c1-12-6-5-7-16(10-12)11-23-17(8-9-20-23)21-19(24)13(2)18-14(3)22-25-15(18)4/h5-10,13H,11H2,1-4H3,(H,21,24). The number of aromatic nitrogens is 3. The number of aryl methyl sites for hydroxylation is 3. The fourth-order valence-electron chi connectivity index (χ4n) is 3.02. The van der Waals surface area contributed by atoms with Crippen LogP contribution in [0.25, 0.3) is 0 Å². The molecular formula is C19H22N4O2. The van der Waals surface area contributed by atoms with Crippen molar-refractivity contribution in [2.75, 3.05) is 5.32 Å². The van der Waals surface area contributed by atoms with Crippen LogP contribution >= 0.6 is 0 Å². The summed E-state index contributed by atoms with van der Waals surface area (Å²) in [5.41, 5.74) is 3.91. The highest BCUT2D eigenvalue weighted by atomic mass is 16.5. The highest BCUT2D eigenvalue weighted by Gasteiger charge is 2.23. The lowest BCUT2D eigenvalue weighted by molar-refractivity contribution is -0.117. The Morgan fingerprint density at radius 1 is 1.28 bits per heavy atom. The zero-order valence-corrected chi connectivity index (χ0v) is 14.9. The molecule has 0 saturated heterocycles. The quantitative estimate of drug-likeness (QED) is 0.771. The molecule has 2 heterocycles. The molecule has 1 unspecified atom stereocenters. The van der Waals surface area contributed by atoms with Gasteiger partial charge in [-0.25, -0.2) is 4.68 Å². The molecule has 3 rings (SSSR count). The summed E-state index contributed by atoms with van der Waals surface area (Å²) >= 11 is 0. The minimum atomic E-state index is -0.353. The summed E-state index contributed by atoms with van der Waals surface area (Å²) in [6.07, 6.45) is 1.69. The number of nitrogens with one attached hydrogen (secondary N) is 1. The van der Waals surface area contributed by atoms with Crippen molar-refractivity contribution in [3.8, 4) is 0 Å². The lowest BCUT2D eigenvalue weighted by atomic mass is 9.99. The summed E-state index contributed by atoms with van der Waals surface area (Å²) in [4.78, 5) is 12.7. The molecule has 0 radical (unpaired) electrons. The van der Waals surface area contributed by atoms with Crippen LogP contribution in [-0.4, -0.2) is 20.8 Å². The van der Waals surface area contributed by atoms with E-state index < -0.39 is 0 Å². The van der Waals surface area contributed by atoms with Gasteiger partial charge in [0.1, 0.15) is 11.6 Å². The largest absolute Gasteiger partial charge is 0.361 e. The predicted octanol–water partition coefficient (Wildman–Crippen LogP) is 3.59. The van der Waals surface area contributed by atoms with Crippen LogP contribution in [0.15, 0.2) is 41.1 Å². The van der Waals surface area contributed by atoms with Crippen molar-refractivity contribution in [3.05, 3.63) is 64.7 Å². The molecule has 0 aliphatic heterocycles. The van der Waals surface area contributed by atoms with Crippen molar-refractivity contribution in [3.63, 3.8) is 0 Å². The first-order chi connectivity index (χ1) is 12.0. The summed E-state index contributed by atoms with van der Waals surface area (Å²) in [6.45, 7) is 8.17. The Kier molecular flexibility index (Phi) is 4.70. The number of benzene rings is 1. The van der Waals surface area contributed by atoms with Crippen LogP contribution in [-0.2, 0) is 11.3 Å². The Hall–Kier alpha value is -2.89. The van der Waals surface area contributed by atoms with Crippen LogP contribution in [0, 0.1) is 20.8 Å². The van der Waals surface area contributed by atoms with E-state index in [0.29, 0.717) is 18.1 Å². The van der Waals surface area contributed by atoms with Crippen LogP contribution in [0.1, 0.15) is 41.0 Å². The van der Waals surface area contributed by atoms with Gasteiger partial charge in [0, 0.05) is 11.6 Å². The van der Waals surface area contributed by atoms with Gasteiger partial charge in [0.25, 0.3) is 0 Å². The number of rotatable bonds is 5. The Balaban J connectivity index is 1.76. The molecule has 3 aromatic rings. The summed E-state index contributed by atoms with van der Waals surface area (Å²) in [6, 6.07) is 10.0. The van der Waals surface area contributed by atoms with E-state index in [1.54, 1.807) is 16.9 Å². The van der Waals surface area contributed by atoms with Crippen LogP contribution in [0.4, 0.5) is 5.82 Å². The molecule has 0 bridgehead atoms. The van der Waals surface area contributed by atoms with Gasteiger partial charge in [-0.2, -0.15) is 5.10 Å². The third-order valence-corrected chi connectivity index (χ3v) is 4.30. The molecule has 1 N–H and O–H groups in total. The van der Waals surface area contributed by atoms with E-state index in [0.717, 1.165) is 16.8 Å². The number of hydrogen-bond acceptors (Lipinski definition) is 4. The smallest absolute Gasteiger partial charge is 0.232 e. The molecule has 0 fully saturated rings. The van der Waals surface area contributed by atoms with Gasteiger partial charge in [0.2, 0.25) is 5.91 Å². The van der Waals surface area contributed by atoms with Gasteiger partial charge in [-0.3, -0.25) is 4.79 Å². The molecule has 1 amide bonds. The topological polar surface area (TPSA) is 73.0 Å². The van der Waals surface area contributed by atoms with Crippen LogP contribution in [0.2, 0.25) is 0 Å². The van der Waals surface area contributed by atoms with E-state index in [1.807, 2.05) is 32.9 Å². The van der Waals surface area contributed by atoms with Crippen molar-refractivity contribution < 1.29 is 9.32 Å². The van der Waals surface area contributed by atoms with Gasteiger partial charge in [0.05, 0.1) is 24.4 Å². The molecule has 6 nitrogen and oxygen atoms in total. The molecule has 1 atom stereocenters. The summed E-state index contributed by atoms with van der Waals surface area (Å²) in [5, 5.41) is 11.2. The van der Waals surface area contributed by atoms with E-state index in [4.69, 9.17) is 4.52 Å². The second kappa shape index (κ2) is 6.93. The number of anilines is 1. The minimum Gasteiger partial charge on any atom is -0.361 e. The van der Waals surface area contributed by atoms with Crippen molar-refractivity contribution in [2.45, 2.75) is 40.2 Å². The number of hydrogen-bond donors (Lipinski definition) is 1. The minimum absolute atomic E-state index is 0.111. The predicted molar refractivity (Wildman–Crippen MR) is 95.5 cm³/mol. The van der Waals surface area contributed by atoms with Crippen LogP contribution in [0.5, 0.6) is 0 Å². The van der Waals surface area contributed by atoms with Crippen molar-refractivity contribution in [1.29, 1.82) is 0 Å². The van der Waals surface area contributed by atoms with E-state index in [-0.39, 0.29) is 11.8 Å². The molecule has 1 aromatic carbocycles. The van der Waals surface area contributed by atoms with Crippen molar-refractivity contribution in [2.24, 2.45) is 0 Å². The van der Waals surface area contributed by atoms with Gasteiger partial charge in [-0.1, -0.05) is 35.0 Å². The lowest BCUT2D eigenvalue weighted by Gasteiger charge is -2.13. The van der Waals surface area contributed by atoms with Gasteiger partial charge in [-0.15, -0.1) is 0 Å². The zero-order valence-electron chi connectivity index (χ0n) is 14.9. The third kappa shape index (κ3) is 3.63. The first kappa shape index (κ1) is 17.0. The molecule has 130 valence electrons. The first-order valence-electron chi connectivity index (χ1n) is 8.26. The molecule has 0 aliphatic carbocycles. The van der Waals surface area contributed by atoms with Gasteiger partial charge < -0.3 is 9.84 Å². The highest BCUT2D eigenvalue weighted by molar-refractivity contribution is 5.95. The zero-order chi connectivity index (χ0) is 18.0. The van der Waals surface area contributed by atoms with Gasteiger partial charge in [0.15, 0.2) is 0 Å². The maximum Gasteiger partial charge on any atom is 0.232 e. The normalized spacial score (nSPS) is 12.2. The average molecular weight is 338 g/mol. The lowest BCUT2D eigenvalue weighted by Crippen LogP contribution is -2.22. The molecule has 0 spiro atoms. The van der Waals surface area contributed by atoms with E-state index in [9.17, 15) is 4.79 Å². The SMILES string of the molecule is Cc1cccc(Cn2nccc2NC(=O)C(C)c2c(C)noc2C)c1. The first-order valence-corrected chi connectivity index (χ1v) is 8.26.